The fourth-order valence-corrected chi connectivity index (χ4v) is 4.44. The van der Waals surface area contributed by atoms with Crippen molar-refractivity contribution >= 4 is 23.2 Å². The minimum absolute atomic E-state index is 0.298. The van der Waals surface area contributed by atoms with Gasteiger partial charge in [-0.25, -0.2) is 0 Å². The summed E-state index contributed by atoms with van der Waals surface area (Å²) in [6.07, 6.45) is 6.71. The molecule has 0 radical (unpaired) electrons. The Kier molecular flexibility index (Phi) is 4.37. The lowest BCUT2D eigenvalue weighted by atomic mass is 9.75. The van der Waals surface area contributed by atoms with E-state index in [2.05, 4.69) is 47.2 Å². The number of benzene rings is 2. The van der Waals surface area contributed by atoms with Crippen LogP contribution in [-0.4, -0.2) is 5.78 Å². The molecular formula is C23H20OS. The van der Waals surface area contributed by atoms with Crippen LogP contribution in [0.25, 0.3) is 6.08 Å². The molecule has 25 heavy (non-hydrogen) atoms. The summed E-state index contributed by atoms with van der Waals surface area (Å²) in [4.78, 5) is 13.3. The van der Waals surface area contributed by atoms with E-state index in [0.717, 1.165) is 24.8 Å². The highest BCUT2D eigenvalue weighted by atomic mass is 32.1. The van der Waals surface area contributed by atoms with E-state index in [0.29, 0.717) is 5.78 Å². The summed E-state index contributed by atoms with van der Waals surface area (Å²) >= 11 is 1.70. The van der Waals surface area contributed by atoms with Crippen molar-refractivity contribution in [1.29, 1.82) is 0 Å². The van der Waals surface area contributed by atoms with Crippen molar-refractivity contribution < 1.29 is 4.79 Å². The highest BCUT2D eigenvalue weighted by molar-refractivity contribution is 7.07. The number of Topliss-reactive ketones (excluding diaryl/α,β-unsaturated/α-hetero) is 1. The Morgan fingerprint density at radius 2 is 1.80 bits per heavy atom. The number of thiophene rings is 1. The maximum absolute atomic E-state index is 13.3. The third-order valence-electron chi connectivity index (χ3n) is 5.01. The maximum Gasteiger partial charge on any atom is 0.170 e. The molecule has 0 saturated heterocycles. The number of allylic oxidation sites excluding steroid dienone is 1. The number of hydrogen-bond donors (Lipinski definition) is 0. The quantitative estimate of drug-likeness (QED) is 0.570. The number of ketones is 1. The van der Waals surface area contributed by atoms with E-state index in [-0.39, 0.29) is 5.41 Å². The van der Waals surface area contributed by atoms with Gasteiger partial charge < -0.3 is 0 Å². The summed E-state index contributed by atoms with van der Waals surface area (Å²) in [5.41, 5.74) is 4.19. The second-order valence-electron chi connectivity index (χ2n) is 6.77. The zero-order valence-electron chi connectivity index (χ0n) is 14.0. The molecule has 2 aromatic carbocycles. The molecule has 4 rings (SSSR count). The molecule has 124 valence electrons. The Balaban J connectivity index is 1.64. The van der Waals surface area contributed by atoms with Crippen molar-refractivity contribution in [2.24, 2.45) is 5.41 Å². The number of rotatable bonds is 5. The monoisotopic (exact) mass is 344 g/mol. The number of carbonyl (C=O) groups excluding carboxylic acids is 1. The number of fused-ring (bicyclic) bond motifs is 1. The van der Waals surface area contributed by atoms with E-state index in [1.54, 1.807) is 11.3 Å². The molecule has 0 bridgehead atoms. The van der Waals surface area contributed by atoms with E-state index in [9.17, 15) is 4.79 Å². The van der Waals surface area contributed by atoms with Crippen LogP contribution in [0, 0.1) is 5.41 Å². The van der Waals surface area contributed by atoms with Gasteiger partial charge in [-0.2, -0.15) is 11.3 Å². The predicted octanol–water partition coefficient (Wildman–Crippen LogP) is 5.82. The summed E-state index contributed by atoms with van der Waals surface area (Å²) < 4.78 is 0. The zero-order valence-corrected chi connectivity index (χ0v) is 14.8. The maximum atomic E-state index is 13.3. The summed E-state index contributed by atoms with van der Waals surface area (Å²) in [7, 11) is 0. The molecule has 1 heterocycles. The van der Waals surface area contributed by atoms with Gasteiger partial charge in [-0.05, 0) is 52.8 Å². The number of carbonyl (C=O) groups is 1. The molecule has 0 saturated carbocycles. The van der Waals surface area contributed by atoms with Gasteiger partial charge in [-0.1, -0.05) is 66.7 Å². The van der Waals surface area contributed by atoms with Crippen LogP contribution in [0.5, 0.6) is 0 Å². The topological polar surface area (TPSA) is 17.1 Å². The molecule has 1 atom stereocenters. The Morgan fingerprint density at radius 3 is 2.56 bits per heavy atom. The second kappa shape index (κ2) is 6.81. The molecule has 2 heteroatoms. The summed E-state index contributed by atoms with van der Waals surface area (Å²) in [6, 6.07) is 20.5. The highest BCUT2D eigenvalue weighted by Crippen LogP contribution is 2.43. The molecule has 0 spiro atoms. The third kappa shape index (κ3) is 3.22. The Labute approximate surface area is 152 Å². The van der Waals surface area contributed by atoms with Gasteiger partial charge in [-0.15, -0.1) is 0 Å². The van der Waals surface area contributed by atoms with Crippen LogP contribution in [0.2, 0.25) is 0 Å². The van der Waals surface area contributed by atoms with Crippen molar-refractivity contribution in [3.63, 3.8) is 0 Å². The Bertz CT molecular complexity index is 889. The van der Waals surface area contributed by atoms with Crippen LogP contribution < -0.4 is 0 Å². The minimum Gasteiger partial charge on any atom is -0.294 e. The second-order valence-corrected chi connectivity index (χ2v) is 7.55. The Hall–Kier alpha value is -2.45. The fraction of sp³-hybridized carbons (Fsp3) is 0.174. The Morgan fingerprint density at radius 1 is 1.00 bits per heavy atom. The van der Waals surface area contributed by atoms with Gasteiger partial charge in [-0.3, -0.25) is 4.79 Å². The van der Waals surface area contributed by atoms with Crippen molar-refractivity contribution in [3.05, 3.63) is 99.8 Å². The smallest absolute Gasteiger partial charge is 0.170 e. The first-order chi connectivity index (χ1) is 12.3. The first kappa shape index (κ1) is 16.0. The van der Waals surface area contributed by atoms with E-state index in [1.807, 2.05) is 36.4 Å². The average molecular weight is 344 g/mol. The molecule has 0 N–H and O–H groups in total. The molecule has 0 amide bonds. The molecule has 1 aliphatic carbocycles. The first-order valence-corrected chi connectivity index (χ1v) is 9.57. The van der Waals surface area contributed by atoms with Gasteiger partial charge in [0.05, 0.1) is 0 Å². The highest BCUT2D eigenvalue weighted by Gasteiger charge is 2.44. The van der Waals surface area contributed by atoms with Gasteiger partial charge in [0.1, 0.15) is 0 Å². The van der Waals surface area contributed by atoms with Crippen molar-refractivity contribution in [2.75, 3.05) is 0 Å². The molecule has 1 aliphatic rings. The van der Waals surface area contributed by atoms with E-state index < -0.39 is 0 Å². The normalized spacial score (nSPS) is 19.4. The van der Waals surface area contributed by atoms with Crippen LogP contribution in [-0.2, 0) is 12.8 Å². The lowest BCUT2D eigenvalue weighted by molar-refractivity contribution is 0.0821. The van der Waals surface area contributed by atoms with E-state index in [4.69, 9.17) is 0 Å². The van der Waals surface area contributed by atoms with Crippen molar-refractivity contribution in [2.45, 2.75) is 19.3 Å². The van der Waals surface area contributed by atoms with Crippen molar-refractivity contribution in [3.8, 4) is 0 Å². The first-order valence-electron chi connectivity index (χ1n) is 8.62. The zero-order chi connectivity index (χ0) is 17.1. The summed E-state index contributed by atoms with van der Waals surface area (Å²) in [5.74, 6) is 0.298. The van der Waals surface area contributed by atoms with Gasteiger partial charge in [0.15, 0.2) is 5.78 Å². The van der Waals surface area contributed by atoms with Gasteiger partial charge in [0.25, 0.3) is 0 Å². The summed E-state index contributed by atoms with van der Waals surface area (Å²) in [6.45, 7) is 0. The number of hydrogen-bond acceptors (Lipinski definition) is 2. The van der Waals surface area contributed by atoms with E-state index >= 15 is 0 Å². The lowest BCUT2D eigenvalue weighted by Crippen LogP contribution is -2.30. The van der Waals surface area contributed by atoms with Gasteiger partial charge in [0, 0.05) is 11.0 Å². The molecule has 1 nitrogen and oxygen atoms in total. The largest absolute Gasteiger partial charge is 0.294 e. The molecule has 0 unspecified atom stereocenters. The van der Waals surface area contributed by atoms with Crippen LogP contribution in [0.15, 0.2) is 77.5 Å². The molecule has 1 aromatic heterocycles. The molecule has 3 aromatic rings. The lowest BCUT2D eigenvalue weighted by Gasteiger charge is -2.26. The van der Waals surface area contributed by atoms with Crippen LogP contribution in [0.4, 0.5) is 0 Å². The fourth-order valence-electron chi connectivity index (χ4n) is 3.78. The summed E-state index contributed by atoms with van der Waals surface area (Å²) in [5, 5.41) is 4.26. The standard InChI is InChI=1S/C23H20OS/c24-22-21-11-5-4-10-20(21)16-23(22,15-19-12-14-25-17-19)13-6-9-18-7-2-1-3-8-18/h1-12,14,17H,13,15-16H2/b9-6+/t23-/m0/s1. The van der Waals surface area contributed by atoms with Crippen LogP contribution in [0.1, 0.15) is 33.5 Å². The third-order valence-corrected chi connectivity index (χ3v) is 5.75. The van der Waals surface area contributed by atoms with Gasteiger partial charge >= 0.3 is 0 Å². The SMILES string of the molecule is O=C1c2ccccc2C[C@]1(C/C=C/c1ccccc1)Cc1ccsc1. The van der Waals surface area contributed by atoms with Crippen LogP contribution >= 0.6 is 11.3 Å². The average Bonchev–Trinajstić information content (AvgIpc) is 3.24. The van der Waals surface area contributed by atoms with Crippen molar-refractivity contribution in [1.82, 2.24) is 0 Å². The van der Waals surface area contributed by atoms with Crippen LogP contribution in [0.3, 0.4) is 0 Å². The minimum atomic E-state index is -0.351. The molecule has 0 fully saturated rings. The predicted molar refractivity (Wildman–Crippen MR) is 105 cm³/mol. The van der Waals surface area contributed by atoms with E-state index in [1.165, 1.54) is 16.7 Å². The molecular weight excluding hydrogens is 324 g/mol. The van der Waals surface area contributed by atoms with Gasteiger partial charge in [0.2, 0.25) is 0 Å². The molecule has 0 aliphatic heterocycles.